The van der Waals surface area contributed by atoms with E-state index in [0.29, 0.717) is 19.1 Å². The Morgan fingerprint density at radius 3 is 2.63 bits per heavy atom. The molecule has 0 aliphatic carbocycles. The van der Waals surface area contributed by atoms with E-state index in [0.717, 1.165) is 25.8 Å². The monoisotopic (exact) mass is 270 g/mol. The lowest BCUT2D eigenvalue weighted by atomic mass is 10.0. The molecule has 0 aromatic rings. The average molecular weight is 270 g/mol. The van der Waals surface area contributed by atoms with E-state index in [1.54, 1.807) is 11.8 Å². The van der Waals surface area contributed by atoms with E-state index in [4.69, 9.17) is 4.74 Å². The van der Waals surface area contributed by atoms with Crippen molar-refractivity contribution < 1.29 is 14.3 Å². The molecule has 1 aliphatic heterocycles. The molecule has 1 atom stereocenters. The highest BCUT2D eigenvalue weighted by molar-refractivity contribution is 5.85. The maximum absolute atomic E-state index is 12.4. The van der Waals surface area contributed by atoms with Gasteiger partial charge in [0.1, 0.15) is 6.54 Å². The van der Waals surface area contributed by atoms with Crippen LogP contribution in [-0.4, -0.2) is 49.1 Å². The first-order valence-electron chi connectivity index (χ1n) is 7.22. The third-order valence-corrected chi connectivity index (χ3v) is 3.13. The van der Waals surface area contributed by atoms with E-state index < -0.39 is 0 Å². The van der Waals surface area contributed by atoms with Crippen molar-refractivity contribution >= 4 is 11.9 Å². The van der Waals surface area contributed by atoms with Gasteiger partial charge in [-0.15, -0.1) is 0 Å². The summed E-state index contributed by atoms with van der Waals surface area (Å²) in [7, 11) is 0. The average Bonchev–Trinajstić information content (AvgIpc) is 2.38. The van der Waals surface area contributed by atoms with Gasteiger partial charge in [-0.25, -0.2) is 0 Å². The smallest absolute Gasteiger partial charge is 0.325 e. The number of nitrogens with one attached hydrogen (secondary N) is 1. The molecule has 1 saturated heterocycles. The summed E-state index contributed by atoms with van der Waals surface area (Å²) in [6.45, 7) is 7.74. The molecule has 19 heavy (non-hydrogen) atoms. The van der Waals surface area contributed by atoms with E-state index in [1.165, 1.54) is 0 Å². The highest BCUT2D eigenvalue weighted by Gasteiger charge is 2.27. The Kier molecular flexibility index (Phi) is 6.84. The molecule has 1 fully saturated rings. The zero-order valence-electron chi connectivity index (χ0n) is 12.3. The van der Waals surface area contributed by atoms with Crippen LogP contribution in [0.5, 0.6) is 0 Å². The number of esters is 1. The second kappa shape index (κ2) is 8.15. The van der Waals surface area contributed by atoms with Gasteiger partial charge in [0.25, 0.3) is 0 Å². The normalized spacial score (nSPS) is 19.3. The summed E-state index contributed by atoms with van der Waals surface area (Å²) in [4.78, 5) is 25.6. The molecule has 1 aliphatic rings. The molecule has 5 heteroatoms. The molecule has 1 heterocycles. The number of carbonyl (C=O) groups excluding carboxylic acids is 2. The fraction of sp³-hybridized carbons (Fsp3) is 0.857. The number of carbonyl (C=O) groups is 2. The van der Waals surface area contributed by atoms with Crippen molar-refractivity contribution in [2.45, 2.75) is 46.1 Å². The molecule has 0 saturated carbocycles. The molecule has 0 unspecified atom stereocenters. The van der Waals surface area contributed by atoms with Crippen LogP contribution in [0.25, 0.3) is 0 Å². The number of ether oxygens (including phenoxy) is 1. The molecule has 1 rings (SSSR count). The summed E-state index contributed by atoms with van der Waals surface area (Å²) < 4.78 is 4.94. The number of amides is 1. The van der Waals surface area contributed by atoms with E-state index in [1.807, 2.05) is 13.8 Å². The Morgan fingerprint density at radius 2 is 2.11 bits per heavy atom. The Labute approximate surface area is 115 Å². The standard InChI is InChI=1S/C14H26N2O3/c1-4-19-13(17)10-16(9-11(2)3)14(18)12-7-5-6-8-15-12/h11-12,15H,4-10H2,1-3H3/t12-/m0/s1. The van der Waals surface area contributed by atoms with Gasteiger partial charge in [-0.05, 0) is 32.2 Å². The van der Waals surface area contributed by atoms with Gasteiger partial charge in [0.05, 0.1) is 12.6 Å². The minimum atomic E-state index is -0.327. The lowest BCUT2D eigenvalue weighted by Gasteiger charge is -2.30. The fourth-order valence-corrected chi connectivity index (χ4v) is 2.32. The van der Waals surface area contributed by atoms with Crippen molar-refractivity contribution in [3.63, 3.8) is 0 Å². The van der Waals surface area contributed by atoms with E-state index in [9.17, 15) is 9.59 Å². The first kappa shape index (κ1) is 16.0. The predicted octanol–water partition coefficient (Wildman–Crippen LogP) is 1.18. The molecule has 0 spiro atoms. The lowest BCUT2D eigenvalue weighted by Crippen LogP contribution is -2.51. The Bertz CT molecular complexity index is 299. The molecule has 0 aromatic heterocycles. The summed E-state index contributed by atoms with van der Waals surface area (Å²) in [5.74, 6) is 0.0377. The molecule has 0 aromatic carbocycles. The number of hydrogen-bond donors (Lipinski definition) is 1. The second-order valence-corrected chi connectivity index (χ2v) is 5.42. The van der Waals surface area contributed by atoms with Gasteiger partial charge in [0, 0.05) is 6.54 Å². The van der Waals surface area contributed by atoms with Crippen molar-refractivity contribution in [1.29, 1.82) is 0 Å². The molecule has 0 radical (unpaired) electrons. The van der Waals surface area contributed by atoms with Crippen LogP contribution in [0.1, 0.15) is 40.0 Å². The van der Waals surface area contributed by atoms with Crippen LogP contribution in [0.3, 0.4) is 0 Å². The highest BCUT2D eigenvalue weighted by Crippen LogP contribution is 2.11. The SMILES string of the molecule is CCOC(=O)CN(CC(C)C)C(=O)[C@@H]1CCCCN1. The molecule has 110 valence electrons. The molecule has 5 nitrogen and oxygen atoms in total. The number of piperidine rings is 1. The van der Waals surface area contributed by atoms with Gasteiger partial charge in [0.15, 0.2) is 0 Å². The van der Waals surface area contributed by atoms with Crippen molar-refractivity contribution in [2.24, 2.45) is 5.92 Å². The maximum Gasteiger partial charge on any atom is 0.325 e. The Morgan fingerprint density at radius 1 is 1.37 bits per heavy atom. The van der Waals surface area contributed by atoms with Gasteiger partial charge < -0.3 is 15.0 Å². The van der Waals surface area contributed by atoms with Crippen LogP contribution >= 0.6 is 0 Å². The van der Waals surface area contributed by atoms with Crippen molar-refractivity contribution in [3.8, 4) is 0 Å². The fourth-order valence-electron chi connectivity index (χ4n) is 2.32. The maximum atomic E-state index is 12.4. The number of rotatable bonds is 6. The zero-order valence-corrected chi connectivity index (χ0v) is 12.3. The minimum Gasteiger partial charge on any atom is -0.465 e. The van der Waals surface area contributed by atoms with Crippen molar-refractivity contribution in [2.75, 3.05) is 26.2 Å². The third kappa shape index (κ3) is 5.59. The van der Waals surface area contributed by atoms with E-state index in [2.05, 4.69) is 5.32 Å². The van der Waals surface area contributed by atoms with Crippen molar-refractivity contribution in [3.05, 3.63) is 0 Å². The summed E-state index contributed by atoms with van der Waals surface area (Å²) in [5.41, 5.74) is 0. The zero-order chi connectivity index (χ0) is 14.3. The van der Waals surface area contributed by atoms with E-state index >= 15 is 0 Å². The summed E-state index contributed by atoms with van der Waals surface area (Å²) in [6, 6.07) is -0.137. The van der Waals surface area contributed by atoms with Crippen LogP contribution in [0.4, 0.5) is 0 Å². The quantitative estimate of drug-likeness (QED) is 0.736. The largest absolute Gasteiger partial charge is 0.465 e. The molecule has 0 bridgehead atoms. The molecule has 1 amide bonds. The number of hydrogen-bond acceptors (Lipinski definition) is 4. The lowest BCUT2D eigenvalue weighted by molar-refractivity contribution is -0.150. The van der Waals surface area contributed by atoms with Crippen LogP contribution in [0, 0.1) is 5.92 Å². The second-order valence-electron chi connectivity index (χ2n) is 5.42. The Balaban J connectivity index is 2.60. The van der Waals surface area contributed by atoms with Crippen LogP contribution in [0.15, 0.2) is 0 Å². The first-order chi connectivity index (χ1) is 9.04. The van der Waals surface area contributed by atoms with Crippen LogP contribution in [0.2, 0.25) is 0 Å². The third-order valence-electron chi connectivity index (χ3n) is 3.13. The summed E-state index contributed by atoms with van der Waals surface area (Å²) in [6.07, 6.45) is 3.04. The van der Waals surface area contributed by atoms with Gasteiger partial charge >= 0.3 is 5.97 Å². The molecular formula is C14H26N2O3. The Hall–Kier alpha value is -1.10. The molecule has 1 N–H and O–H groups in total. The molecular weight excluding hydrogens is 244 g/mol. The van der Waals surface area contributed by atoms with E-state index in [-0.39, 0.29) is 24.5 Å². The van der Waals surface area contributed by atoms with Crippen LogP contribution in [-0.2, 0) is 14.3 Å². The van der Waals surface area contributed by atoms with Crippen molar-refractivity contribution in [1.82, 2.24) is 10.2 Å². The summed E-state index contributed by atoms with van der Waals surface area (Å²) in [5, 5.41) is 3.23. The van der Waals surface area contributed by atoms with Gasteiger partial charge in [-0.1, -0.05) is 20.3 Å². The first-order valence-corrected chi connectivity index (χ1v) is 7.22. The highest BCUT2D eigenvalue weighted by atomic mass is 16.5. The van der Waals surface area contributed by atoms with Gasteiger partial charge in [0.2, 0.25) is 5.91 Å². The van der Waals surface area contributed by atoms with Crippen LogP contribution < -0.4 is 5.32 Å². The summed E-state index contributed by atoms with van der Waals surface area (Å²) >= 11 is 0. The van der Waals surface area contributed by atoms with Gasteiger partial charge in [-0.2, -0.15) is 0 Å². The number of nitrogens with zero attached hydrogens (tertiary/aromatic N) is 1. The minimum absolute atomic E-state index is 0.0291. The predicted molar refractivity (Wildman–Crippen MR) is 73.7 cm³/mol. The van der Waals surface area contributed by atoms with Gasteiger partial charge in [-0.3, -0.25) is 9.59 Å². The topological polar surface area (TPSA) is 58.6 Å².